The highest BCUT2D eigenvalue weighted by Crippen LogP contribution is 2.77. The molecule has 0 radical (unpaired) electrons. The van der Waals surface area contributed by atoms with E-state index in [9.17, 15) is 0 Å². The Balaban J connectivity index is 1.47. The largest absolute Gasteiger partial charge is 0.377 e. The molecule has 0 saturated heterocycles. The Morgan fingerprint density at radius 1 is 0.789 bits per heavy atom. The first-order valence-electron chi connectivity index (χ1n) is 16.0. The van der Waals surface area contributed by atoms with Crippen molar-refractivity contribution in [2.75, 3.05) is 19.8 Å². The first-order valence-corrected chi connectivity index (χ1v) is 16.0. The van der Waals surface area contributed by atoms with Gasteiger partial charge in [0.2, 0.25) is 0 Å². The van der Waals surface area contributed by atoms with Gasteiger partial charge in [-0.05, 0) is 128 Å². The van der Waals surface area contributed by atoms with Gasteiger partial charge in [-0.1, -0.05) is 58.9 Å². The van der Waals surface area contributed by atoms with E-state index in [0.717, 1.165) is 30.3 Å². The monoisotopic (exact) mass is 522 g/mol. The summed E-state index contributed by atoms with van der Waals surface area (Å²) < 4.78 is 12.7. The Bertz CT molecular complexity index is 934. The van der Waals surface area contributed by atoms with Crippen molar-refractivity contribution in [3.8, 4) is 0 Å². The summed E-state index contributed by atoms with van der Waals surface area (Å²) in [5.74, 6) is 3.72. The molecular weight excluding hydrogens is 464 g/mol. The van der Waals surface area contributed by atoms with Gasteiger partial charge in [-0.25, -0.2) is 0 Å². The summed E-state index contributed by atoms with van der Waals surface area (Å²) in [5.41, 5.74) is 3.19. The van der Waals surface area contributed by atoms with Gasteiger partial charge in [-0.3, -0.25) is 0 Å². The molecule has 0 aromatic carbocycles. The fourth-order valence-corrected chi connectivity index (χ4v) is 12.3. The molecule has 5 saturated carbocycles. The van der Waals surface area contributed by atoms with Gasteiger partial charge < -0.3 is 9.47 Å². The minimum atomic E-state index is 0.218. The van der Waals surface area contributed by atoms with Gasteiger partial charge in [-0.2, -0.15) is 0 Å². The van der Waals surface area contributed by atoms with Gasteiger partial charge in [0.15, 0.2) is 0 Å². The Labute approximate surface area is 235 Å². The number of hydrogen-bond acceptors (Lipinski definition) is 2. The molecule has 0 amide bonds. The fourth-order valence-electron chi connectivity index (χ4n) is 12.3. The van der Waals surface area contributed by atoms with E-state index in [2.05, 4.69) is 61.3 Å². The molecular formula is C36H58O2. The fraction of sp³-hybridized carbons (Fsp3) is 0.833. The summed E-state index contributed by atoms with van der Waals surface area (Å²) >= 11 is 0. The topological polar surface area (TPSA) is 18.5 Å². The molecule has 5 aliphatic carbocycles. The van der Waals surface area contributed by atoms with Crippen LogP contribution in [0.2, 0.25) is 0 Å². The Morgan fingerprint density at radius 3 is 2.21 bits per heavy atom. The Kier molecular flexibility index (Phi) is 7.47. The maximum atomic E-state index is 6.40. The second-order valence-electron chi connectivity index (χ2n) is 15.8. The molecule has 38 heavy (non-hydrogen) atoms. The third kappa shape index (κ3) is 3.93. The number of allylic oxidation sites excluding steroid dienone is 1. The van der Waals surface area contributed by atoms with Crippen molar-refractivity contribution in [1.29, 1.82) is 0 Å². The zero-order chi connectivity index (χ0) is 27.6. The summed E-state index contributed by atoms with van der Waals surface area (Å²) in [5, 5.41) is 0. The van der Waals surface area contributed by atoms with Crippen LogP contribution in [0.1, 0.15) is 106 Å². The minimum absolute atomic E-state index is 0.218. The maximum Gasteiger partial charge on any atom is 0.0648 e. The lowest BCUT2D eigenvalue weighted by molar-refractivity contribution is -0.252. The third-order valence-electron chi connectivity index (χ3n) is 14.2. The average Bonchev–Trinajstić information content (AvgIpc) is 3.24. The maximum absolute atomic E-state index is 6.40. The van der Waals surface area contributed by atoms with Crippen LogP contribution in [0, 0.1) is 56.7 Å². The predicted molar refractivity (Wildman–Crippen MR) is 160 cm³/mol. The minimum Gasteiger partial charge on any atom is -0.377 e. The quantitative estimate of drug-likeness (QED) is 0.233. The molecule has 2 nitrogen and oxygen atoms in total. The summed E-state index contributed by atoms with van der Waals surface area (Å²) in [6, 6.07) is 0. The number of ether oxygens (including phenoxy) is 2. The van der Waals surface area contributed by atoms with E-state index in [0.29, 0.717) is 46.9 Å². The van der Waals surface area contributed by atoms with Gasteiger partial charge in [0.05, 0.1) is 25.9 Å². The summed E-state index contributed by atoms with van der Waals surface area (Å²) in [7, 11) is 0. The highest BCUT2D eigenvalue weighted by atomic mass is 16.5. The molecule has 0 heterocycles. The summed E-state index contributed by atoms with van der Waals surface area (Å²) in [4.78, 5) is 0. The van der Waals surface area contributed by atoms with E-state index in [1.54, 1.807) is 0 Å². The average molecular weight is 523 g/mol. The molecule has 214 valence electrons. The lowest BCUT2D eigenvalue weighted by atomic mass is 9.32. The molecule has 0 aromatic rings. The number of fused-ring (bicyclic) bond motifs is 7. The zero-order valence-corrected chi connectivity index (χ0v) is 25.7. The van der Waals surface area contributed by atoms with Gasteiger partial charge in [0.1, 0.15) is 0 Å². The van der Waals surface area contributed by atoms with Crippen LogP contribution in [0.3, 0.4) is 0 Å². The van der Waals surface area contributed by atoms with Crippen molar-refractivity contribution in [2.24, 2.45) is 56.7 Å². The molecule has 0 aromatic heterocycles. The van der Waals surface area contributed by atoms with E-state index in [-0.39, 0.29) is 5.41 Å². The Hall–Kier alpha value is -0.860. The summed E-state index contributed by atoms with van der Waals surface area (Å²) in [6.07, 6.45) is 17.6. The number of hydrogen-bond donors (Lipinski definition) is 0. The van der Waals surface area contributed by atoms with E-state index >= 15 is 0 Å². The van der Waals surface area contributed by atoms with E-state index in [1.807, 2.05) is 12.2 Å². The molecule has 5 fully saturated rings. The predicted octanol–water partition coefficient (Wildman–Crippen LogP) is 9.42. The Morgan fingerprint density at radius 2 is 1.53 bits per heavy atom. The number of rotatable bonds is 8. The second-order valence-corrected chi connectivity index (χ2v) is 15.8. The second kappa shape index (κ2) is 9.90. The van der Waals surface area contributed by atoms with Crippen molar-refractivity contribution >= 4 is 0 Å². The standard InChI is InChI=1S/C36H58O2/c1-10-22-37-24-36-19-14-26(25(3)4)31(36)27-12-13-29-33(7)17-16-30(38-23-11-2)32(5,6)28(33)15-18-35(29,9)34(27,8)20-21-36/h10-11,26-31H,1-3,12-24H2,4-9H3/t26-,27+,28-,29+,30-,31+,33-,34+,35+,36+/m0/s1. The van der Waals surface area contributed by atoms with Crippen molar-refractivity contribution in [1.82, 2.24) is 0 Å². The smallest absolute Gasteiger partial charge is 0.0648 e. The van der Waals surface area contributed by atoms with Crippen LogP contribution in [0.15, 0.2) is 37.5 Å². The van der Waals surface area contributed by atoms with Crippen LogP contribution in [-0.2, 0) is 9.47 Å². The molecule has 0 N–H and O–H groups in total. The van der Waals surface area contributed by atoms with Gasteiger partial charge >= 0.3 is 0 Å². The van der Waals surface area contributed by atoms with Crippen LogP contribution >= 0.6 is 0 Å². The lowest BCUT2D eigenvalue weighted by Crippen LogP contribution is -2.67. The first kappa shape index (κ1) is 28.7. The lowest BCUT2D eigenvalue weighted by Gasteiger charge is -2.73. The molecule has 5 aliphatic rings. The van der Waals surface area contributed by atoms with Crippen LogP contribution in [0.5, 0.6) is 0 Å². The van der Waals surface area contributed by atoms with Crippen LogP contribution < -0.4 is 0 Å². The first-order chi connectivity index (χ1) is 17.9. The highest BCUT2D eigenvalue weighted by molar-refractivity contribution is 5.21. The normalized spacial score (nSPS) is 49.2. The van der Waals surface area contributed by atoms with Crippen LogP contribution in [0.25, 0.3) is 0 Å². The van der Waals surface area contributed by atoms with Crippen LogP contribution in [0.4, 0.5) is 0 Å². The molecule has 10 atom stereocenters. The van der Waals surface area contributed by atoms with Crippen molar-refractivity contribution in [3.05, 3.63) is 37.5 Å². The van der Waals surface area contributed by atoms with E-state index < -0.39 is 0 Å². The molecule has 0 unspecified atom stereocenters. The van der Waals surface area contributed by atoms with Gasteiger partial charge in [0, 0.05) is 0 Å². The van der Waals surface area contributed by atoms with Gasteiger partial charge in [0.25, 0.3) is 0 Å². The molecule has 5 rings (SSSR count). The van der Waals surface area contributed by atoms with Gasteiger partial charge in [-0.15, -0.1) is 13.2 Å². The van der Waals surface area contributed by atoms with Crippen molar-refractivity contribution in [3.63, 3.8) is 0 Å². The van der Waals surface area contributed by atoms with E-state index in [1.165, 1.54) is 69.8 Å². The molecule has 2 heteroatoms. The molecule has 0 aliphatic heterocycles. The molecule has 0 bridgehead atoms. The zero-order valence-electron chi connectivity index (χ0n) is 25.7. The SMILES string of the molecule is C=CCOC[C@]12CC[C@@H](C(=C)C)[C@@H]1[C@H]1CC[C@@H]3[C@@]4(C)CC[C@H](OCC=C)C(C)(C)[C@@H]4CC[C@@]3(C)[C@]1(C)CC2. The highest BCUT2D eigenvalue weighted by Gasteiger charge is 2.70. The van der Waals surface area contributed by atoms with Crippen LogP contribution in [-0.4, -0.2) is 25.9 Å². The van der Waals surface area contributed by atoms with Crippen molar-refractivity contribution in [2.45, 2.75) is 112 Å². The third-order valence-corrected chi connectivity index (χ3v) is 14.2. The van der Waals surface area contributed by atoms with E-state index in [4.69, 9.17) is 9.47 Å². The molecule has 0 spiro atoms. The summed E-state index contributed by atoms with van der Waals surface area (Å²) in [6.45, 7) is 30.2. The van der Waals surface area contributed by atoms with Crippen molar-refractivity contribution < 1.29 is 9.47 Å².